The Labute approximate surface area is 158 Å². The number of aryl methyl sites for hydroxylation is 1. The normalized spacial score (nSPS) is 10.1. The Hall–Kier alpha value is 0.598. The van der Waals surface area contributed by atoms with Crippen LogP contribution in [0.15, 0.2) is 58.3 Å². The third kappa shape index (κ3) is 4.31. The average Bonchev–Trinajstić information content (AvgIpc) is 2.31. The predicted octanol–water partition coefficient (Wildman–Crippen LogP) is 2.62. The Morgan fingerprint density at radius 2 is 1.28 bits per heavy atom. The van der Waals surface area contributed by atoms with Gasteiger partial charge in [-0.15, -0.1) is 0 Å². The molecule has 0 fully saturated rings. The first-order chi connectivity index (χ1) is 7.60. The van der Waals surface area contributed by atoms with E-state index in [-0.39, 0.29) is 65.4 Å². The van der Waals surface area contributed by atoms with Crippen molar-refractivity contribution in [3.63, 3.8) is 0 Å². The van der Waals surface area contributed by atoms with Crippen LogP contribution < -0.4 is 0 Å². The molecule has 5 heteroatoms. The summed E-state index contributed by atoms with van der Waals surface area (Å²) in [6, 6.07) is 15.9. The fourth-order valence-electron chi connectivity index (χ4n) is 1.40. The van der Waals surface area contributed by atoms with Crippen LogP contribution in [0.4, 0.5) is 0 Å². The molecule has 0 aromatic heterocycles. The summed E-state index contributed by atoms with van der Waals surface area (Å²) in [5.74, 6) is 0. The molecule has 88 valence electrons. The molecule has 2 radical (unpaired) electrons. The summed E-state index contributed by atoms with van der Waals surface area (Å²) in [6.07, 6.45) is 0. The van der Waals surface area contributed by atoms with Gasteiger partial charge in [0.2, 0.25) is 0 Å². The standard InChI is InChI=1S/C13H11O2S.2Y/c1-11-7-9-13(10-8-11)16(14,15)12-5-3-2-4-6-12;;/h3-10H,1H3;;/q-1;;. The second-order valence-electron chi connectivity index (χ2n) is 3.55. The van der Waals surface area contributed by atoms with E-state index in [1.54, 1.807) is 48.5 Å². The van der Waals surface area contributed by atoms with E-state index in [1.165, 1.54) is 0 Å². The van der Waals surface area contributed by atoms with E-state index < -0.39 is 9.84 Å². The van der Waals surface area contributed by atoms with Gasteiger partial charge < -0.3 is 0 Å². The van der Waals surface area contributed by atoms with E-state index in [0.717, 1.165) is 5.56 Å². The molecule has 2 nitrogen and oxygen atoms in total. The van der Waals surface area contributed by atoms with Gasteiger partial charge in [0, 0.05) is 65.4 Å². The molecule has 0 saturated heterocycles. The summed E-state index contributed by atoms with van der Waals surface area (Å²) in [6.45, 7) is 1.92. The molecule has 0 aliphatic rings. The number of hydrogen-bond donors (Lipinski definition) is 0. The van der Waals surface area contributed by atoms with E-state index >= 15 is 0 Å². The minimum Gasteiger partial charge on any atom is -0.221 e. The van der Waals surface area contributed by atoms with Crippen LogP contribution in [0.5, 0.6) is 0 Å². The number of hydrogen-bond acceptors (Lipinski definition) is 2. The minimum atomic E-state index is -3.38. The molecular weight excluding hydrogens is 398 g/mol. The van der Waals surface area contributed by atoms with Crippen molar-refractivity contribution in [3.05, 3.63) is 60.2 Å². The largest absolute Gasteiger partial charge is 0.221 e. The van der Waals surface area contributed by atoms with Gasteiger partial charge in [0.1, 0.15) is 0 Å². The van der Waals surface area contributed by atoms with Gasteiger partial charge in [-0.05, 0) is 24.0 Å². The van der Waals surface area contributed by atoms with E-state index in [0.29, 0.717) is 9.79 Å². The molecule has 2 aromatic rings. The van der Waals surface area contributed by atoms with Crippen LogP contribution in [-0.4, -0.2) is 8.42 Å². The van der Waals surface area contributed by atoms with Crippen LogP contribution in [0.1, 0.15) is 5.56 Å². The second-order valence-corrected chi connectivity index (χ2v) is 5.50. The molecule has 0 atom stereocenters. The molecule has 0 spiro atoms. The quantitative estimate of drug-likeness (QED) is 0.716. The van der Waals surface area contributed by atoms with E-state index in [2.05, 4.69) is 6.07 Å². The third-order valence-electron chi connectivity index (χ3n) is 2.33. The zero-order chi connectivity index (χ0) is 11.6. The zero-order valence-corrected chi connectivity index (χ0v) is 16.5. The van der Waals surface area contributed by atoms with Crippen molar-refractivity contribution in [3.8, 4) is 0 Å². The number of benzene rings is 2. The van der Waals surface area contributed by atoms with Gasteiger partial charge in [-0.25, -0.2) is 8.42 Å². The molecule has 0 saturated carbocycles. The summed E-state index contributed by atoms with van der Waals surface area (Å²) in [5, 5.41) is 0. The molecule has 0 N–H and O–H groups in total. The minimum absolute atomic E-state index is 0. The van der Waals surface area contributed by atoms with Crippen molar-refractivity contribution in [1.29, 1.82) is 0 Å². The monoisotopic (exact) mass is 409 g/mol. The molecule has 0 heterocycles. The first-order valence-corrected chi connectivity index (χ1v) is 6.37. The predicted molar refractivity (Wildman–Crippen MR) is 61.9 cm³/mol. The van der Waals surface area contributed by atoms with E-state index in [9.17, 15) is 8.42 Å². The van der Waals surface area contributed by atoms with Crippen LogP contribution >= 0.6 is 0 Å². The van der Waals surface area contributed by atoms with Gasteiger partial charge in [-0.2, -0.15) is 30.3 Å². The average molecular weight is 409 g/mol. The van der Waals surface area contributed by atoms with Gasteiger partial charge >= 0.3 is 0 Å². The molecule has 0 bridgehead atoms. The molecule has 0 aliphatic heterocycles. The smallest absolute Gasteiger partial charge is 0.184 e. The van der Waals surface area contributed by atoms with Crippen LogP contribution in [-0.2, 0) is 75.3 Å². The molecule has 2 rings (SSSR count). The van der Waals surface area contributed by atoms with E-state index in [1.807, 2.05) is 6.92 Å². The first-order valence-electron chi connectivity index (χ1n) is 4.88. The number of rotatable bonds is 2. The zero-order valence-electron chi connectivity index (χ0n) is 10.00. The summed E-state index contributed by atoms with van der Waals surface area (Å²) in [5.41, 5.74) is 1.04. The SMILES string of the molecule is Cc1ccc(S(=O)(=O)c2cc[c-]cc2)cc1.[Y].[Y]. The summed E-state index contributed by atoms with van der Waals surface area (Å²) in [7, 11) is -3.38. The first kappa shape index (κ1) is 18.6. The van der Waals surface area contributed by atoms with E-state index in [4.69, 9.17) is 0 Å². The maximum absolute atomic E-state index is 12.1. The Kier molecular flexibility index (Phi) is 8.28. The van der Waals surface area contributed by atoms with Crippen molar-refractivity contribution >= 4 is 9.84 Å². The van der Waals surface area contributed by atoms with Crippen molar-refractivity contribution in [2.75, 3.05) is 0 Å². The van der Waals surface area contributed by atoms with Crippen molar-refractivity contribution in [2.45, 2.75) is 16.7 Å². The van der Waals surface area contributed by atoms with Crippen LogP contribution in [0.2, 0.25) is 0 Å². The van der Waals surface area contributed by atoms with Gasteiger partial charge in [0.25, 0.3) is 0 Å². The molecule has 0 aliphatic carbocycles. The van der Waals surface area contributed by atoms with Gasteiger partial charge in [-0.1, -0.05) is 17.7 Å². The van der Waals surface area contributed by atoms with Crippen LogP contribution in [0, 0.1) is 13.0 Å². The van der Waals surface area contributed by atoms with Gasteiger partial charge in [0.15, 0.2) is 9.84 Å². The number of sulfone groups is 1. The van der Waals surface area contributed by atoms with Crippen molar-refractivity contribution < 1.29 is 73.8 Å². The Bertz CT molecular complexity index is 578. The Balaban J connectivity index is 0.00000144. The molecular formula is C13H11O2SY2-. The van der Waals surface area contributed by atoms with Crippen molar-refractivity contribution in [2.24, 2.45) is 0 Å². The van der Waals surface area contributed by atoms with Crippen LogP contribution in [0.3, 0.4) is 0 Å². The maximum Gasteiger partial charge on any atom is 0.184 e. The maximum atomic E-state index is 12.1. The van der Waals surface area contributed by atoms with Crippen molar-refractivity contribution in [1.82, 2.24) is 0 Å². The summed E-state index contributed by atoms with van der Waals surface area (Å²) >= 11 is 0. The molecule has 18 heavy (non-hydrogen) atoms. The molecule has 0 unspecified atom stereocenters. The molecule has 0 amide bonds. The second kappa shape index (κ2) is 8.01. The fraction of sp³-hybridized carbons (Fsp3) is 0.0769. The van der Waals surface area contributed by atoms with Gasteiger partial charge in [0.05, 0.1) is 4.90 Å². The summed E-state index contributed by atoms with van der Waals surface area (Å²) < 4.78 is 24.3. The topological polar surface area (TPSA) is 34.1 Å². The summed E-state index contributed by atoms with van der Waals surface area (Å²) in [4.78, 5) is 0.624. The third-order valence-corrected chi connectivity index (χ3v) is 4.11. The fourth-order valence-corrected chi connectivity index (χ4v) is 2.67. The molecule has 2 aromatic carbocycles. The Morgan fingerprint density at radius 3 is 1.78 bits per heavy atom. The van der Waals surface area contributed by atoms with Gasteiger partial charge in [-0.3, -0.25) is 0 Å². The van der Waals surface area contributed by atoms with Crippen LogP contribution in [0.25, 0.3) is 0 Å². The Morgan fingerprint density at radius 1 is 0.833 bits per heavy atom.